The van der Waals surface area contributed by atoms with Gasteiger partial charge >= 0.3 is 6.09 Å². The monoisotopic (exact) mass is 291 g/mol. The smallest absolute Gasteiger partial charge is 0.408 e. The Labute approximate surface area is 124 Å². The van der Waals surface area contributed by atoms with Crippen molar-refractivity contribution in [2.75, 3.05) is 0 Å². The van der Waals surface area contributed by atoms with E-state index in [2.05, 4.69) is 10.5 Å². The lowest BCUT2D eigenvalue weighted by atomic mass is 10.0. The van der Waals surface area contributed by atoms with Gasteiger partial charge in [0.25, 0.3) is 0 Å². The lowest BCUT2D eigenvalue weighted by molar-refractivity contribution is 0.0503. The van der Waals surface area contributed by atoms with Gasteiger partial charge in [0, 0.05) is 5.56 Å². The van der Waals surface area contributed by atoms with Crippen molar-refractivity contribution in [1.29, 1.82) is 0 Å². The Morgan fingerprint density at radius 1 is 1.48 bits per heavy atom. The second kappa shape index (κ2) is 5.63. The summed E-state index contributed by atoms with van der Waals surface area (Å²) in [4.78, 5) is 11.8. The van der Waals surface area contributed by atoms with Gasteiger partial charge in [-0.05, 0) is 50.8 Å². The van der Waals surface area contributed by atoms with Crippen LogP contribution in [0.5, 0.6) is 0 Å². The molecule has 0 unspecified atom stereocenters. The van der Waals surface area contributed by atoms with E-state index >= 15 is 0 Å². The average Bonchev–Trinajstić information content (AvgIpc) is 2.78. The highest BCUT2D eigenvalue weighted by Gasteiger charge is 2.26. The van der Waals surface area contributed by atoms with Crippen molar-refractivity contribution < 1.29 is 14.7 Å². The molecule has 6 heteroatoms. The minimum atomic E-state index is -0.512. The molecule has 6 nitrogen and oxygen atoms in total. The number of amidine groups is 1. The van der Waals surface area contributed by atoms with Crippen molar-refractivity contribution in [3.8, 4) is 0 Å². The molecule has 0 aromatic heterocycles. The van der Waals surface area contributed by atoms with Crippen molar-refractivity contribution in [3.05, 3.63) is 34.9 Å². The number of fused-ring (bicyclic) bond motifs is 1. The van der Waals surface area contributed by atoms with Crippen LogP contribution in [0, 0.1) is 0 Å². The fraction of sp³-hybridized carbons (Fsp3) is 0.467. The Kier molecular flexibility index (Phi) is 4.06. The number of alkyl carbamates (subject to hydrolysis) is 1. The molecule has 0 heterocycles. The molecule has 1 aliphatic carbocycles. The number of nitrogens with one attached hydrogen (secondary N) is 1. The first-order valence-corrected chi connectivity index (χ1v) is 6.90. The zero-order valence-electron chi connectivity index (χ0n) is 12.5. The number of hydrogen-bond donors (Lipinski definition) is 3. The molecule has 1 aromatic carbocycles. The Bertz CT molecular complexity index is 576. The standard InChI is InChI=1S/C15H21N3O3/c1-15(2,3)21-14(19)17-12-7-5-9-8-10(13(16)18-20)4-6-11(9)12/h4,6,8,12,20H,5,7H2,1-3H3,(H2,16,18)(H,17,19)/t12-/m1/s1. The van der Waals surface area contributed by atoms with E-state index in [0.717, 1.165) is 24.0 Å². The number of ether oxygens (including phenoxy) is 1. The van der Waals surface area contributed by atoms with E-state index in [-0.39, 0.29) is 11.9 Å². The summed E-state index contributed by atoms with van der Waals surface area (Å²) in [6, 6.07) is 5.51. The van der Waals surface area contributed by atoms with Crippen LogP contribution in [0.15, 0.2) is 23.4 Å². The predicted molar refractivity (Wildman–Crippen MR) is 79.4 cm³/mol. The van der Waals surface area contributed by atoms with Gasteiger partial charge in [0.1, 0.15) is 5.60 Å². The quantitative estimate of drug-likeness (QED) is 0.337. The highest BCUT2D eigenvalue weighted by Crippen LogP contribution is 2.32. The molecule has 0 saturated carbocycles. The van der Waals surface area contributed by atoms with Crippen LogP contribution in [0.4, 0.5) is 4.79 Å². The number of carbonyl (C=O) groups is 1. The highest BCUT2D eigenvalue weighted by molar-refractivity contribution is 5.97. The first kappa shape index (κ1) is 15.2. The zero-order chi connectivity index (χ0) is 15.6. The molecule has 1 aromatic rings. The maximum atomic E-state index is 11.8. The average molecular weight is 291 g/mol. The first-order chi connectivity index (χ1) is 9.80. The third-order valence-electron chi connectivity index (χ3n) is 3.32. The second-order valence-electron chi connectivity index (χ2n) is 6.14. The molecule has 21 heavy (non-hydrogen) atoms. The van der Waals surface area contributed by atoms with Gasteiger partial charge in [0.05, 0.1) is 6.04 Å². The van der Waals surface area contributed by atoms with Crippen molar-refractivity contribution in [3.63, 3.8) is 0 Å². The predicted octanol–water partition coefficient (Wildman–Crippen LogP) is 2.29. The molecule has 0 radical (unpaired) electrons. The van der Waals surface area contributed by atoms with E-state index in [0.29, 0.717) is 5.56 Å². The van der Waals surface area contributed by atoms with E-state index in [1.54, 1.807) is 6.07 Å². The van der Waals surface area contributed by atoms with Gasteiger partial charge in [-0.1, -0.05) is 17.3 Å². The number of benzene rings is 1. The summed E-state index contributed by atoms with van der Waals surface area (Å²) in [5.41, 5.74) is 7.89. The molecule has 0 saturated heterocycles. The SMILES string of the molecule is CC(C)(C)OC(=O)N[C@@H]1CCc2cc(C(N)=NO)ccc21. The van der Waals surface area contributed by atoms with Crippen molar-refractivity contribution in [2.24, 2.45) is 10.9 Å². The lowest BCUT2D eigenvalue weighted by Gasteiger charge is -2.22. The number of nitrogens with two attached hydrogens (primary N) is 1. The van der Waals surface area contributed by atoms with E-state index < -0.39 is 11.7 Å². The van der Waals surface area contributed by atoms with Crippen LogP contribution in [0.3, 0.4) is 0 Å². The molecule has 0 bridgehead atoms. The fourth-order valence-electron chi connectivity index (χ4n) is 2.43. The molecule has 114 valence electrons. The minimum absolute atomic E-state index is 0.0591. The number of aryl methyl sites for hydroxylation is 1. The van der Waals surface area contributed by atoms with E-state index in [4.69, 9.17) is 15.7 Å². The molecule has 2 rings (SSSR count). The first-order valence-electron chi connectivity index (χ1n) is 6.90. The molecule has 1 aliphatic rings. The van der Waals surface area contributed by atoms with Crippen LogP contribution in [-0.4, -0.2) is 22.7 Å². The summed E-state index contributed by atoms with van der Waals surface area (Å²) >= 11 is 0. The van der Waals surface area contributed by atoms with E-state index in [9.17, 15) is 4.79 Å². The summed E-state index contributed by atoms with van der Waals surface area (Å²) in [5, 5.41) is 14.6. The Morgan fingerprint density at radius 2 is 2.19 bits per heavy atom. The Morgan fingerprint density at radius 3 is 2.81 bits per heavy atom. The molecule has 4 N–H and O–H groups in total. The summed E-state index contributed by atoms with van der Waals surface area (Å²) in [5.74, 6) is 0.0846. The van der Waals surface area contributed by atoms with Gasteiger partial charge in [-0.25, -0.2) is 4.79 Å². The molecular weight excluding hydrogens is 270 g/mol. The molecule has 1 atom stereocenters. The molecule has 1 amide bonds. The van der Waals surface area contributed by atoms with Crippen LogP contribution in [-0.2, 0) is 11.2 Å². The number of nitrogens with zero attached hydrogens (tertiary/aromatic N) is 1. The summed E-state index contributed by atoms with van der Waals surface area (Å²) in [7, 11) is 0. The number of amides is 1. The van der Waals surface area contributed by atoms with E-state index in [1.165, 1.54) is 0 Å². The number of carbonyl (C=O) groups excluding carboxylic acids is 1. The third kappa shape index (κ3) is 3.65. The maximum Gasteiger partial charge on any atom is 0.408 e. The van der Waals surface area contributed by atoms with Gasteiger partial charge in [-0.3, -0.25) is 0 Å². The highest BCUT2D eigenvalue weighted by atomic mass is 16.6. The largest absolute Gasteiger partial charge is 0.444 e. The van der Waals surface area contributed by atoms with Crippen LogP contribution >= 0.6 is 0 Å². The normalized spacial score (nSPS) is 18.2. The summed E-state index contributed by atoms with van der Waals surface area (Å²) in [6.07, 6.45) is 1.23. The molecule has 0 fully saturated rings. The number of oxime groups is 1. The van der Waals surface area contributed by atoms with E-state index in [1.807, 2.05) is 32.9 Å². The molecule has 0 aliphatic heterocycles. The van der Waals surface area contributed by atoms with Crippen LogP contribution in [0.1, 0.15) is 49.9 Å². The van der Waals surface area contributed by atoms with Crippen LogP contribution < -0.4 is 11.1 Å². The Hall–Kier alpha value is -2.24. The Balaban J connectivity index is 2.11. The van der Waals surface area contributed by atoms with Crippen LogP contribution in [0.2, 0.25) is 0 Å². The number of rotatable bonds is 2. The summed E-state index contributed by atoms with van der Waals surface area (Å²) in [6.45, 7) is 5.50. The van der Waals surface area contributed by atoms with Crippen LogP contribution in [0.25, 0.3) is 0 Å². The van der Waals surface area contributed by atoms with Gasteiger partial charge < -0.3 is 21.0 Å². The minimum Gasteiger partial charge on any atom is -0.444 e. The molecule has 0 spiro atoms. The lowest BCUT2D eigenvalue weighted by Crippen LogP contribution is -2.34. The third-order valence-corrected chi connectivity index (χ3v) is 3.32. The van der Waals surface area contributed by atoms with Crippen molar-refractivity contribution in [2.45, 2.75) is 45.3 Å². The number of hydrogen-bond acceptors (Lipinski definition) is 4. The summed E-state index contributed by atoms with van der Waals surface area (Å²) < 4.78 is 5.27. The fourth-order valence-corrected chi connectivity index (χ4v) is 2.43. The van der Waals surface area contributed by atoms with Gasteiger partial charge in [-0.15, -0.1) is 0 Å². The maximum absolute atomic E-state index is 11.8. The zero-order valence-corrected chi connectivity index (χ0v) is 12.5. The second-order valence-corrected chi connectivity index (χ2v) is 6.14. The van der Waals surface area contributed by atoms with Gasteiger partial charge in [0.2, 0.25) is 0 Å². The topological polar surface area (TPSA) is 96.9 Å². The van der Waals surface area contributed by atoms with Crippen molar-refractivity contribution >= 4 is 11.9 Å². The van der Waals surface area contributed by atoms with Gasteiger partial charge in [0.15, 0.2) is 5.84 Å². The van der Waals surface area contributed by atoms with Crippen molar-refractivity contribution in [1.82, 2.24) is 5.32 Å². The molecular formula is C15H21N3O3. The van der Waals surface area contributed by atoms with Gasteiger partial charge in [-0.2, -0.15) is 0 Å².